The molecule has 0 aromatic heterocycles. The van der Waals surface area contributed by atoms with Gasteiger partial charge in [-0.15, -0.1) is 0 Å². The first-order valence-electron chi connectivity index (χ1n) is 38.3. The van der Waals surface area contributed by atoms with Gasteiger partial charge in [0.05, 0.1) is 25.4 Å². The van der Waals surface area contributed by atoms with Crippen LogP contribution in [0, 0.1) is 0 Å². The van der Waals surface area contributed by atoms with E-state index in [4.69, 9.17) is 4.74 Å². The lowest BCUT2D eigenvalue weighted by molar-refractivity contribution is -0.143. The van der Waals surface area contributed by atoms with Crippen LogP contribution in [0.3, 0.4) is 0 Å². The Hall–Kier alpha value is -1.92. The second-order valence-corrected chi connectivity index (χ2v) is 26.3. The third-order valence-electron chi connectivity index (χ3n) is 17.9. The lowest BCUT2D eigenvalue weighted by Gasteiger charge is -2.20. The summed E-state index contributed by atoms with van der Waals surface area (Å²) < 4.78 is 5.51. The average Bonchev–Trinajstić information content (AvgIpc) is 3.51. The number of esters is 1. The minimum atomic E-state index is -0.843. The molecule has 0 radical (unpaired) electrons. The van der Waals surface area contributed by atoms with Crippen molar-refractivity contribution in [2.75, 3.05) is 13.2 Å². The van der Waals surface area contributed by atoms with Crippen LogP contribution >= 0.6 is 0 Å². The Balaban J connectivity index is 3.37. The zero-order chi connectivity index (χ0) is 60.6. The Kier molecular flexibility index (Phi) is 71.9. The molecular formula is C78H149NO5. The molecular weight excluding hydrogens is 1030 g/mol. The Morgan fingerprint density at radius 1 is 0.333 bits per heavy atom. The van der Waals surface area contributed by atoms with Gasteiger partial charge in [-0.1, -0.05) is 384 Å². The lowest BCUT2D eigenvalue weighted by atomic mass is 10.0. The molecule has 84 heavy (non-hydrogen) atoms. The summed E-state index contributed by atoms with van der Waals surface area (Å²) in [6, 6.07) is -0.626. The van der Waals surface area contributed by atoms with Gasteiger partial charge in [0, 0.05) is 12.8 Å². The third-order valence-corrected chi connectivity index (χ3v) is 17.9. The fraction of sp³-hybridized carbons (Fsp3) is 0.897. The summed E-state index contributed by atoms with van der Waals surface area (Å²) in [6.07, 6.45) is 95.4. The number of amides is 1. The summed E-state index contributed by atoms with van der Waals surface area (Å²) in [4.78, 5) is 24.6. The van der Waals surface area contributed by atoms with Gasteiger partial charge in [0.2, 0.25) is 5.91 Å². The number of aliphatic hydroxyl groups is 2. The highest BCUT2D eigenvalue weighted by Gasteiger charge is 2.18. The molecule has 0 aromatic carbocycles. The predicted molar refractivity (Wildman–Crippen MR) is 370 cm³/mol. The zero-order valence-electron chi connectivity index (χ0n) is 56.9. The van der Waals surface area contributed by atoms with Crippen molar-refractivity contribution in [3.8, 4) is 0 Å². The monoisotopic (exact) mass is 1180 g/mol. The van der Waals surface area contributed by atoms with Gasteiger partial charge in [0.25, 0.3) is 0 Å². The fourth-order valence-corrected chi connectivity index (χ4v) is 12.1. The van der Waals surface area contributed by atoms with E-state index in [1.807, 2.05) is 6.08 Å². The van der Waals surface area contributed by atoms with Crippen LogP contribution in [-0.2, 0) is 14.3 Å². The summed E-state index contributed by atoms with van der Waals surface area (Å²) >= 11 is 0. The van der Waals surface area contributed by atoms with E-state index < -0.39 is 12.1 Å². The van der Waals surface area contributed by atoms with Crippen LogP contribution in [0.5, 0.6) is 0 Å². The molecule has 0 aromatic rings. The Bertz CT molecular complexity index is 1360. The molecule has 2 atom stereocenters. The second-order valence-electron chi connectivity index (χ2n) is 26.3. The minimum Gasteiger partial charge on any atom is -0.466 e. The number of hydrogen-bond donors (Lipinski definition) is 3. The standard InChI is InChI=1S/C78H149NO5/c1-3-5-7-9-11-13-15-17-19-42-46-50-54-58-62-66-70-76(81)75(74-80)79-77(82)71-67-63-59-55-51-47-43-40-38-36-34-32-30-28-26-24-22-21-23-25-27-29-31-33-35-37-39-41-45-49-53-57-61-65-69-73-84-78(83)72-68-64-60-56-52-48-44-20-18-16-14-12-10-8-6-4-2/h23,25,29,31,66,70,75-76,80-81H,3-22,24,26-28,30,32-65,67-69,71-74H2,1-2H3,(H,79,82)/b25-23-,31-29-,70-66+. The van der Waals surface area contributed by atoms with Crippen LogP contribution in [0.4, 0.5) is 0 Å². The molecule has 0 rings (SSSR count). The molecule has 0 fully saturated rings. The Morgan fingerprint density at radius 2 is 0.595 bits per heavy atom. The Labute approximate surface area is 525 Å². The van der Waals surface area contributed by atoms with Crippen LogP contribution in [0.25, 0.3) is 0 Å². The van der Waals surface area contributed by atoms with E-state index in [1.54, 1.807) is 6.08 Å². The highest BCUT2D eigenvalue weighted by atomic mass is 16.5. The van der Waals surface area contributed by atoms with E-state index in [2.05, 4.69) is 43.5 Å². The van der Waals surface area contributed by atoms with Crippen molar-refractivity contribution < 1.29 is 24.5 Å². The number of carbonyl (C=O) groups is 2. The minimum absolute atomic E-state index is 0.0206. The summed E-state index contributed by atoms with van der Waals surface area (Å²) in [6.45, 7) is 4.95. The highest BCUT2D eigenvalue weighted by molar-refractivity contribution is 5.76. The molecule has 0 aliphatic rings. The maximum atomic E-state index is 12.5. The number of aliphatic hydroxyl groups excluding tert-OH is 2. The molecule has 1 amide bonds. The number of hydrogen-bond acceptors (Lipinski definition) is 5. The molecule has 6 nitrogen and oxygen atoms in total. The van der Waals surface area contributed by atoms with Crippen molar-refractivity contribution in [3.63, 3.8) is 0 Å². The molecule has 2 unspecified atom stereocenters. The summed E-state index contributed by atoms with van der Waals surface area (Å²) in [5.41, 5.74) is 0. The van der Waals surface area contributed by atoms with Gasteiger partial charge in [0.1, 0.15) is 0 Å². The first kappa shape index (κ1) is 82.1. The van der Waals surface area contributed by atoms with E-state index in [-0.39, 0.29) is 18.5 Å². The van der Waals surface area contributed by atoms with Gasteiger partial charge in [-0.3, -0.25) is 9.59 Å². The molecule has 496 valence electrons. The molecule has 0 aliphatic carbocycles. The molecule has 0 heterocycles. The van der Waals surface area contributed by atoms with Crippen LogP contribution in [0.1, 0.15) is 425 Å². The maximum absolute atomic E-state index is 12.5. The van der Waals surface area contributed by atoms with E-state index in [0.717, 1.165) is 44.9 Å². The first-order valence-corrected chi connectivity index (χ1v) is 38.3. The average molecular weight is 1180 g/mol. The summed E-state index contributed by atoms with van der Waals surface area (Å²) in [5, 5.41) is 23.2. The van der Waals surface area contributed by atoms with Crippen molar-refractivity contribution in [2.45, 2.75) is 437 Å². The van der Waals surface area contributed by atoms with Gasteiger partial charge in [0.15, 0.2) is 0 Å². The fourth-order valence-electron chi connectivity index (χ4n) is 12.1. The molecule has 0 saturated carbocycles. The lowest BCUT2D eigenvalue weighted by Crippen LogP contribution is -2.45. The molecule has 3 N–H and O–H groups in total. The molecule has 0 aliphatic heterocycles. The van der Waals surface area contributed by atoms with Gasteiger partial charge >= 0.3 is 5.97 Å². The number of unbranched alkanes of at least 4 members (excludes halogenated alkanes) is 57. The van der Waals surface area contributed by atoms with Crippen LogP contribution in [0.15, 0.2) is 36.5 Å². The maximum Gasteiger partial charge on any atom is 0.305 e. The van der Waals surface area contributed by atoms with Crippen LogP contribution in [-0.4, -0.2) is 47.4 Å². The van der Waals surface area contributed by atoms with E-state index >= 15 is 0 Å². The van der Waals surface area contributed by atoms with Gasteiger partial charge < -0.3 is 20.3 Å². The molecule has 0 saturated heterocycles. The van der Waals surface area contributed by atoms with Gasteiger partial charge in [-0.05, 0) is 64.2 Å². The van der Waals surface area contributed by atoms with Gasteiger partial charge in [-0.25, -0.2) is 0 Å². The number of ether oxygens (including phenoxy) is 1. The topological polar surface area (TPSA) is 95.9 Å². The van der Waals surface area contributed by atoms with Crippen molar-refractivity contribution in [2.24, 2.45) is 0 Å². The number of allylic oxidation sites excluding steroid dienone is 5. The third kappa shape index (κ3) is 69.2. The zero-order valence-corrected chi connectivity index (χ0v) is 56.9. The quantitative estimate of drug-likeness (QED) is 0.0320. The van der Waals surface area contributed by atoms with E-state index in [9.17, 15) is 19.8 Å². The predicted octanol–water partition coefficient (Wildman–Crippen LogP) is 25.0. The number of carbonyl (C=O) groups excluding carboxylic acids is 2. The molecule has 0 bridgehead atoms. The van der Waals surface area contributed by atoms with E-state index in [0.29, 0.717) is 19.4 Å². The number of rotatable bonds is 72. The molecule has 6 heteroatoms. The SMILES string of the molecule is CCCCCCCCCCCCCCCC/C=C/C(O)C(CO)NC(=O)CCCCCCCCCCCCCCCCCCC/C=C\C/C=C\CCCCCCCCCCCCCOC(=O)CCCCCCCCCCCCCCCCCC. The smallest absolute Gasteiger partial charge is 0.305 e. The first-order chi connectivity index (χ1) is 41.5. The largest absolute Gasteiger partial charge is 0.466 e. The van der Waals surface area contributed by atoms with Crippen molar-refractivity contribution in [1.82, 2.24) is 5.32 Å². The summed E-state index contributed by atoms with van der Waals surface area (Å²) in [7, 11) is 0. The highest BCUT2D eigenvalue weighted by Crippen LogP contribution is 2.19. The number of nitrogens with one attached hydrogen (secondary N) is 1. The van der Waals surface area contributed by atoms with Crippen molar-refractivity contribution in [1.29, 1.82) is 0 Å². The van der Waals surface area contributed by atoms with Crippen LogP contribution in [0.2, 0.25) is 0 Å². The summed E-state index contributed by atoms with van der Waals surface area (Å²) in [5.74, 6) is -0.0421. The second kappa shape index (κ2) is 73.5. The molecule has 0 spiro atoms. The van der Waals surface area contributed by atoms with Crippen molar-refractivity contribution >= 4 is 11.9 Å². The van der Waals surface area contributed by atoms with E-state index in [1.165, 1.54) is 353 Å². The van der Waals surface area contributed by atoms with Crippen LogP contribution < -0.4 is 5.32 Å². The van der Waals surface area contributed by atoms with Crippen molar-refractivity contribution in [3.05, 3.63) is 36.5 Å². The normalized spacial score (nSPS) is 12.7. The van der Waals surface area contributed by atoms with Gasteiger partial charge in [-0.2, -0.15) is 0 Å². The Morgan fingerprint density at radius 3 is 0.905 bits per heavy atom.